The minimum absolute atomic E-state index is 0.00954. The van der Waals surface area contributed by atoms with E-state index in [0.29, 0.717) is 32.8 Å². The number of nitrogens with one attached hydrogen (secondary N) is 1. The summed E-state index contributed by atoms with van der Waals surface area (Å²) in [5.41, 5.74) is 0. The van der Waals surface area contributed by atoms with Gasteiger partial charge in [-0.1, -0.05) is 0 Å². The summed E-state index contributed by atoms with van der Waals surface area (Å²) in [6, 6.07) is 1.85. The molecule has 0 bridgehead atoms. The fourth-order valence-electron chi connectivity index (χ4n) is 1.84. The van der Waals surface area contributed by atoms with E-state index in [2.05, 4.69) is 11.4 Å². The van der Waals surface area contributed by atoms with Gasteiger partial charge in [0.05, 0.1) is 18.7 Å². The van der Waals surface area contributed by atoms with Gasteiger partial charge in [0, 0.05) is 33.4 Å². The van der Waals surface area contributed by atoms with E-state index in [-0.39, 0.29) is 11.9 Å². The molecule has 0 spiro atoms. The van der Waals surface area contributed by atoms with Crippen molar-refractivity contribution in [3.05, 3.63) is 0 Å². The van der Waals surface area contributed by atoms with Crippen LogP contribution in [-0.2, 0) is 14.3 Å². The molecule has 1 saturated heterocycles. The highest BCUT2D eigenvalue weighted by atomic mass is 16.5. The van der Waals surface area contributed by atoms with Gasteiger partial charge < -0.3 is 14.8 Å². The van der Waals surface area contributed by atoms with E-state index >= 15 is 0 Å². The SMILES string of the molecule is COCCCNC(=O)C(C)N1CCOC(C#N)C1. The number of methoxy groups -OCH3 is 1. The molecule has 1 aliphatic heterocycles. The maximum atomic E-state index is 11.9. The summed E-state index contributed by atoms with van der Waals surface area (Å²) in [6.45, 7) is 4.78. The van der Waals surface area contributed by atoms with E-state index in [0.717, 1.165) is 6.42 Å². The van der Waals surface area contributed by atoms with Crippen LogP contribution in [0.2, 0.25) is 0 Å². The maximum absolute atomic E-state index is 11.9. The minimum Gasteiger partial charge on any atom is -0.385 e. The molecule has 2 atom stereocenters. The van der Waals surface area contributed by atoms with Crippen LogP contribution in [0.3, 0.4) is 0 Å². The van der Waals surface area contributed by atoms with Crippen LogP contribution in [-0.4, -0.2) is 62.9 Å². The van der Waals surface area contributed by atoms with Gasteiger partial charge in [-0.2, -0.15) is 5.26 Å². The van der Waals surface area contributed by atoms with Crippen LogP contribution in [0.4, 0.5) is 0 Å². The Bertz CT molecular complexity index is 303. The number of carbonyl (C=O) groups is 1. The Morgan fingerprint density at radius 3 is 3.17 bits per heavy atom. The Balaban J connectivity index is 2.31. The molecule has 0 aromatic rings. The summed E-state index contributed by atoms with van der Waals surface area (Å²) < 4.78 is 10.2. The molecule has 0 saturated carbocycles. The van der Waals surface area contributed by atoms with Crippen molar-refractivity contribution in [1.82, 2.24) is 10.2 Å². The van der Waals surface area contributed by atoms with Crippen molar-refractivity contribution >= 4 is 5.91 Å². The van der Waals surface area contributed by atoms with Crippen LogP contribution < -0.4 is 5.32 Å². The molecule has 0 aliphatic carbocycles. The predicted molar refractivity (Wildman–Crippen MR) is 65.9 cm³/mol. The largest absolute Gasteiger partial charge is 0.385 e. The van der Waals surface area contributed by atoms with Gasteiger partial charge >= 0.3 is 0 Å². The lowest BCUT2D eigenvalue weighted by molar-refractivity contribution is -0.128. The summed E-state index contributed by atoms with van der Waals surface area (Å²) >= 11 is 0. The maximum Gasteiger partial charge on any atom is 0.237 e. The van der Waals surface area contributed by atoms with Gasteiger partial charge in [0.1, 0.15) is 0 Å². The highest BCUT2D eigenvalue weighted by Crippen LogP contribution is 2.08. The first kappa shape index (κ1) is 14.9. The molecule has 1 heterocycles. The molecule has 1 rings (SSSR count). The summed E-state index contributed by atoms with van der Waals surface area (Å²) in [4.78, 5) is 13.9. The lowest BCUT2D eigenvalue weighted by atomic mass is 10.2. The van der Waals surface area contributed by atoms with Gasteiger partial charge in [-0.15, -0.1) is 0 Å². The molecule has 1 N–H and O–H groups in total. The average Bonchev–Trinajstić information content (AvgIpc) is 2.42. The fraction of sp³-hybridized carbons (Fsp3) is 0.833. The van der Waals surface area contributed by atoms with Crippen LogP contribution in [0, 0.1) is 11.3 Å². The van der Waals surface area contributed by atoms with Crippen LogP contribution in [0.25, 0.3) is 0 Å². The van der Waals surface area contributed by atoms with Crippen molar-refractivity contribution in [3.63, 3.8) is 0 Å². The number of amides is 1. The van der Waals surface area contributed by atoms with E-state index in [9.17, 15) is 4.79 Å². The molecule has 18 heavy (non-hydrogen) atoms. The van der Waals surface area contributed by atoms with Gasteiger partial charge in [-0.05, 0) is 13.3 Å². The number of hydrogen-bond donors (Lipinski definition) is 1. The van der Waals surface area contributed by atoms with Crippen molar-refractivity contribution in [2.24, 2.45) is 0 Å². The third-order valence-corrected chi connectivity index (χ3v) is 2.99. The minimum atomic E-state index is -0.428. The molecule has 6 heteroatoms. The zero-order valence-electron chi connectivity index (χ0n) is 11.0. The molecule has 0 radical (unpaired) electrons. The summed E-state index contributed by atoms with van der Waals surface area (Å²) in [6.07, 6.45) is 0.376. The average molecular weight is 255 g/mol. The molecule has 102 valence electrons. The molecular formula is C12H21N3O3. The Morgan fingerprint density at radius 1 is 1.72 bits per heavy atom. The number of carbonyl (C=O) groups excluding carboxylic acids is 1. The van der Waals surface area contributed by atoms with Gasteiger partial charge in [-0.25, -0.2) is 0 Å². The summed E-state index contributed by atoms with van der Waals surface area (Å²) in [5, 5.41) is 11.7. The molecule has 1 amide bonds. The van der Waals surface area contributed by atoms with Crippen LogP contribution in [0.15, 0.2) is 0 Å². The van der Waals surface area contributed by atoms with Crippen molar-refractivity contribution < 1.29 is 14.3 Å². The topological polar surface area (TPSA) is 74.6 Å². The highest BCUT2D eigenvalue weighted by Gasteiger charge is 2.27. The molecule has 0 aromatic carbocycles. The quantitative estimate of drug-likeness (QED) is 0.663. The molecule has 1 aliphatic rings. The fourth-order valence-corrected chi connectivity index (χ4v) is 1.84. The Kier molecular flexibility index (Phi) is 6.65. The van der Waals surface area contributed by atoms with E-state index < -0.39 is 6.10 Å². The first-order valence-electron chi connectivity index (χ1n) is 6.21. The number of ether oxygens (including phenoxy) is 2. The summed E-state index contributed by atoms with van der Waals surface area (Å²) in [7, 11) is 1.64. The smallest absolute Gasteiger partial charge is 0.237 e. The lowest BCUT2D eigenvalue weighted by Gasteiger charge is -2.33. The zero-order valence-corrected chi connectivity index (χ0v) is 11.0. The zero-order chi connectivity index (χ0) is 13.4. The van der Waals surface area contributed by atoms with Gasteiger partial charge in [0.25, 0.3) is 0 Å². The third-order valence-electron chi connectivity index (χ3n) is 2.99. The van der Waals surface area contributed by atoms with Gasteiger partial charge in [-0.3, -0.25) is 9.69 Å². The second-order valence-corrected chi connectivity index (χ2v) is 4.30. The van der Waals surface area contributed by atoms with Crippen LogP contribution in [0.1, 0.15) is 13.3 Å². The number of nitrogens with zero attached hydrogens (tertiary/aromatic N) is 2. The third kappa shape index (κ3) is 4.61. The highest BCUT2D eigenvalue weighted by molar-refractivity contribution is 5.81. The molecule has 0 aromatic heterocycles. The lowest BCUT2D eigenvalue weighted by Crippen LogP contribution is -2.52. The van der Waals surface area contributed by atoms with E-state index in [1.54, 1.807) is 7.11 Å². The Labute approximate surface area is 108 Å². The molecule has 2 unspecified atom stereocenters. The first-order chi connectivity index (χ1) is 8.69. The van der Waals surface area contributed by atoms with Crippen LogP contribution >= 0.6 is 0 Å². The first-order valence-corrected chi connectivity index (χ1v) is 6.21. The second-order valence-electron chi connectivity index (χ2n) is 4.30. The Morgan fingerprint density at radius 2 is 2.50 bits per heavy atom. The van der Waals surface area contributed by atoms with Crippen molar-refractivity contribution in [3.8, 4) is 6.07 Å². The summed E-state index contributed by atoms with van der Waals surface area (Å²) in [5.74, 6) is -0.00954. The molecule has 6 nitrogen and oxygen atoms in total. The number of rotatable bonds is 6. The monoisotopic (exact) mass is 255 g/mol. The van der Waals surface area contributed by atoms with Crippen molar-refractivity contribution in [2.75, 3.05) is 40.0 Å². The van der Waals surface area contributed by atoms with Gasteiger partial charge in [0.15, 0.2) is 6.10 Å². The van der Waals surface area contributed by atoms with Crippen LogP contribution in [0.5, 0.6) is 0 Å². The van der Waals surface area contributed by atoms with E-state index in [4.69, 9.17) is 14.7 Å². The van der Waals surface area contributed by atoms with E-state index in [1.807, 2.05) is 11.8 Å². The number of hydrogen-bond acceptors (Lipinski definition) is 5. The predicted octanol–water partition coefficient (Wildman–Crippen LogP) is -0.248. The Hall–Kier alpha value is -1.16. The molecule has 1 fully saturated rings. The van der Waals surface area contributed by atoms with Gasteiger partial charge in [0.2, 0.25) is 5.91 Å². The second kappa shape index (κ2) is 8.03. The number of morpholine rings is 1. The molecular weight excluding hydrogens is 234 g/mol. The normalized spacial score (nSPS) is 22.2. The van der Waals surface area contributed by atoms with Crippen molar-refractivity contribution in [2.45, 2.75) is 25.5 Å². The van der Waals surface area contributed by atoms with E-state index in [1.165, 1.54) is 0 Å². The standard InChI is InChI=1S/C12H21N3O3/c1-10(12(16)14-4-3-6-17-2)15-5-7-18-11(8-13)9-15/h10-11H,3-7,9H2,1-2H3,(H,14,16). The number of nitriles is 1. The van der Waals surface area contributed by atoms with Crippen molar-refractivity contribution in [1.29, 1.82) is 5.26 Å².